The van der Waals surface area contributed by atoms with Crippen LogP contribution in [0.3, 0.4) is 0 Å². The molecule has 0 atom stereocenters. The average molecular weight is 489 g/mol. The predicted octanol–water partition coefficient (Wildman–Crippen LogP) is 5.85. The van der Waals surface area contributed by atoms with E-state index in [-0.39, 0.29) is 16.4 Å². The Morgan fingerprint density at radius 2 is 1.53 bits per heavy atom. The Hall–Kier alpha value is -3.68. The van der Waals surface area contributed by atoms with Gasteiger partial charge in [0.2, 0.25) is 0 Å². The number of hydrogen-bond acceptors (Lipinski definition) is 5. The van der Waals surface area contributed by atoms with Crippen LogP contribution in [0.4, 0.5) is 5.82 Å². The maximum absolute atomic E-state index is 13.9. The van der Waals surface area contributed by atoms with E-state index in [9.17, 15) is 8.42 Å². The molecule has 0 amide bonds. The topological polar surface area (TPSA) is 90.9 Å². The molecular weight excluding hydrogens is 468 g/mol. The highest BCUT2D eigenvalue weighted by molar-refractivity contribution is 7.90. The Labute approximate surface area is 202 Å². The van der Waals surface area contributed by atoms with Crippen molar-refractivity contribution in [1.82, 2.24) is 13.9 Å². The summed E-state index contributed by atoms with van der Waals surface area (Å²) in [4.78, 5) is 9.39. The molecule has 0 aliphatic carbocycles. The van der Waals surface area contributed by atoms with Crippen LogP contribution in [0, 0.1) is 13.8 Å². The number of anilines is 1. The van der Waals surface area contributed by atoms with Crippen LogP contribution in [0.5, 0.6) is 0 Å². The number of nitrogens with zero attached hydrogens (tertiary/aromatic N) is 3. The largest absolute Gasteiger partial charge is 0.383 e. The Kier molecular flexibility index (Phi) is 5.38. The molecule has 5 rings (SSSR count). The normalized spacial score (nSPS) is 11.7. The molecule has 0 saturated heterocycles. The molecule has 6 nitrogen and oxygen atoms in total. The van der Waals surface area contributed by atoms with Gasteiger partial charge in [0.25, 0.3) is 10.0 Å². The summed E-state index contributed by atoms with van der Waals surface area (Å²) in [5.41, 5.74) is 10.2. The van der Waals surface area contributed by atoms with E-state index in [0.29, 0.717) is 27.5 Å². The van der Waals surface area contributed by atoms with Crippen molar-refractivity contribution in [2.75, 3.05) is 5.73 Å². The van der Waals surface area contributed by atoms with Crippen molar-refractivity contribution in [3.05, 3.63) is 95.1 Å². The third-order valence-electron chi connectivity index (χ3n) is 5.73. The monoisotopic (exact) mass is 488 g/mol. The summed E-state index contributed by atoms with van der Waals surface area (Å²) in [5, 5.41) is 0.995. The summed E-state index contributed by atoms with van der Waals surface area (Å²) < 4.78 is 29.0. The SMILES string of the molecule is Cc1ccc(S(=O)(=O)n2c(C)c(-c3cccc(Cl)c3)c3c(N)nc(-c4ccccc4)nc32)cc1. The fraction of sp³-hybridized carbons (Fsp3) is 0.0769. The number of fused-ring (bicyclic) bond motifs is 1. The van der Waals surface area contributed by atoms with E-state index in [2.05, 4.69) is 4.98 Å². The summed E-state index contributed by atoms with van der Waals surface area (Å²) in [6.45, 7) is 3.65. The van der Waals surface area contributed by atoms with Crippen LogP contribution in [0.15, 0.2) is 83.8 Å². The summed E-state index contributed by atoms with van der Waals surface area (Å²) in [7, 11) is -3.99. The molecule has 0 aliphatic rings. The fourth-order valence-electron chi connectivity index (χ4n) is 4.12. The molecule has 2 aromatic heterocycles. The molecular formula is C26H21ClN4O2S. The first-order valence-electron chi connectivity index (χ1n) is 10.6. The van der Waals surface area contributed by atoms with E-state index >= 15 is 0 Å². The Bertz CT molecular complexity index is 1640. The van der Waals surface area contributed by atoms with E-state index in [1.165, 1.54) is 3.97 Å². The minimum atomic E-state index is -3.99. The van der Waals surface area contributed by atoms with Gasteiger partial charge >= 0.3 is 0 Å². The molecule has 0 aliphatic heterocycles. The first-order valence-corrected chi connectivity index (χ1v) is 12.4. The van der Waals surface area contributed by atoms with Crippen molar-refractivity contribution in [2.45, 2.75) is 18.7 Å². The second-order valence-electron chi connectivity index (χ2n) is 8.05. The molecule has 34 heavy (non-hydrogen) atoms. The van der Waals surface area contributed by atoms with Crippen LogP contribution in [-0.2, 0) is 10.0 Å². The van der Waals surface area contributed by atoms with Gasteiger partial charge in [0.1, 0.15) is 5.82 Å². The highest BCUT2D eigenvalue weighted by atomic mass is 35.5. The molecule has 5 aromatic rings. The van der Waals surface area contributed by atoms with Gasteiger partial charge in [0, 0.05) is 21.8 Å². The Balaban J connectivity index is 1.89. The average Bonchev–Trinajstić information content (AvgIpc) is 3.13. The quantitative estimate of drug-likeness (QED) is 0.342. The van der Waals surface area contributed by atoms with Crippen molar-refractivity contribution < 1.29 is 8.42 Å². The van der Waals surface area contributed by atoms with Gasteiger partial charge in [-0.15, -0.1) is 0 Å². The lowest BCUT2D eigenvalue weighted by Gasteiger charge is -2.11. The van der Waals surface area contributed by atoms with E-state index in [4.69, 9.17) is 22.3 Å². The van der Waals surface area contributed by atoms with Gasteiger partial charge in [-0.25, -0.2) is 22.4 Å². The highest BCUT2D eigenvalue weighted by Gasteiger charge is 2.29. The second-order valence-corrected chi connectivity index (χ2v) is 10.3. The molecule has 170 valence electrons. The molecule has 0 radical (unpaired) electrons. The zero-order valence-corrected chi connectivity index (χ0v) is 20.1. The lowest BCUT2D eigenvalue weighted by Crippen LogP contribution is -2.15. The zero-order valence-electron chi connectivity index (χ0n) is 18.5. The first kappa shape index (κ1) is 22.1. The number of halogens is 1. The first-order chi connectivity index (χ1) is 16.3. The second kappa shape index (κ2) is 8.27. The number of benzene rings is 3. The van der Waals surface area contributed by atoms with Crippen LogP contribution in [0.1, 0.15) is 11.3 Å². The van der Waals surface area contributed by atoms with Gasteiger partial charge in [-0.3, -0.25) is 0 Å². The van der Waals surface area contributed by atoms with Gasteiger partial charge in [-0.2, -0.15) is 0 Å². The van der Waals surface area contributed by atoms with Gasteiger partial charge in [0.05, 0.1) is 10.3 Å². The molecule has 2 heterocycles. The van der Waals surface area contributed by atoms with Crippen LogP contribution in [0.25, 0.3) is 33.5 Å². The Morgan fingerprint density at radius 3 is 2.21 bits per heavy atom. The van der Waals surface area contributed by atoms with Crippen LogP contribution < -0.4 is 5.73 Å². The third kappa shape index (κ3) is 3.63. The smallest absolute Gasteiger partial charge is 0.269 e. The van der Waals surface area contributed by atoms with Crippen molar-refractivity contribution in [1.29, 1.82) is 0 Å². The summed E-state index contributed by atoms with van der Waals surface area (Å²) >= 11 is 6.26. The summed E-state index contributed by atoms with van der Waals surface area (Å²) in [6.07, 6.45) is 0. The molecule has 0 fully saturated rings. The number of aromatic nitrogens is 3. The minimum Gasteiger partial charge on any atom is -0.383 e. The molecule has 0 unspecified atom stereocenters. The van der Waals surface area contributed by atoms with Crippen molar-refractivity contribution in [3.63, 3.8) is 0 Å². The lowest BCUT2D eigenvalue weighted by atomic mass is 10.0. The molecule has 0 bridgehead atoms. The van der Waals surface area contributed by atoms with Crippen molar-refractivity contribution in [2.24, 2.45) is 0 Å². The lowest BCUT2D eigenvalue weighted by molar-refractivity contribution is 0.587. The van der Waals surface area contributed by atoms with Gasteiger partial charge < -0.3 is 5.73 Å². The molecule has 3 aromatic carbocycles. The summed E-state index contributed by atoms with van der Waals surface area (Å²) in [5.74, 6) is 0.542. The number of aryl methyl sites for hydroxylation is 1. The Morgan fingerprint density at radius 1 is 0.853 bits per heavy atom. The van der Waals surface area contributed by atoms with Crippen LogP contribution in [-0.4, -0.2) is 22.4 Å². The maximum atomic E-state index is 13.9. The molecule has 0 spiro atoms. The standard InChI is InChI=1S/C26H21ClN4O2S/c1-16-11-13-21(14-12-16)34(32,33)31-17(2)22(19-9-6-10-20(27)15-19)23-24(28)29-25(30-26(23)31)18-7-4-3-5-8-18/h3-15H,1-2H3,(H2,28,29,30). The molecule has 0 saturated carbocycles. The van der Waals surface area contributed by atoms with Crippen molar-refractivity contribution >= 4 is 38.5 Å². The zero-order chi connectivity index (χ0) is 24.0. The van der Waals surface area contributed by atoms with Crippen molar-refractivity contribution in [3.8, 4) is 22.5 Å². The maximum Gasteiger partial charge on any atom is 0.269 e. The number of rotatable bonds is 4. The molecule has 2 N–H and O–H groups in total. The van der Waals surface area contributed by atoms with Crippen LogP contribution in [0.2, 0.25) is 5.02 Å². The van der Waals surface area contributed by atoms with E-state index in [1.54, 1.807) is 43.3 Å². The number of hydrogen-bond donors (Lipinski definition) is 1. The van der Waals surface area contributed by atoms with Gasteiger partial charge in [-0.1, -0.05) is 71.8 Å². The van der Waals surface area contributed by atoms with E-state index < -0.39 is 10.0 Å². The number of nitrogens with two attached hydrogens (primary N) is 1. The number of nitrogen functional groups attached to an aromatic ring is 1. The van der Waals surface area contributed by atoms with Gasteiger partial charge in [0.15, 0.2) is 11.5 Å². The minimum absolute atomic E-state index is 0.161. The van der Waals surface area contributed by atoms with Crippen LogP contribution >= 0.6 is 11.6 Å². The highest BCUT2D eigenvalue weighted by Crippen LogP contribution is 2.40. The third-order valence-corrected chi connectivity index (χ3v) is 7.76. The van der Waals surface area contributed by atoms with Gasteiger partial charge in [-0.05, 0) is 43.7 Å². The summed E-state index contributed by atoms with van der Waals surface area (Å²) in [6, 6.07) is 23.3. The fourth-order valence-corrected chi connectivity index (χ4v) is 5.81. The predicted molar refractivity (Wildman–Crippen MR) is 136 cm³/mol. The van der Waals surface area contributed by atoms with E-state index in [1.807, 2.05) is 49.4 Å². The molecule has 8 heteroatoms. The van der Waals surface area contributed by atoms with E-state index in [0.717, 1.165) is 16.7 Å².